The summed E-state index contributed by atoms with van der Waals surface area (Å²) in [5.41, 5.74) is -0.0399. The van der Waals surface area contributed by atoms with Gasteiger partial charge in [-0.1, -0.05) is 6.07 Å². The maximum atomic E-state index is 13.1. The lowest BCUT2D eigenvalue weighted by atomic mass is 10.1. The van der Waals surface area contributed by atoms with E-state index in [1.54, 1.807) is 0 Å². The van der Waals surface area contributed by atoms with Gasteiger partial charge in [-0.2, -0.15) is 0 Å². The number of carbonyl (C=O) groups is 1. The lowest BCUT2D eigenvalue weighted by Gasteiger charge is -2.03. The first-order valence-corrected chi connectivity index (χ1v) is 4.58. The van der Waals surface area contributed by atoms with E-state index >= 15 is 0 Å². The standard InChI is InChI=1S/C11H12F2O2/c1-15-7-8(14)5-6-9-10(12)3-2-4-11(9)13/h2-4H,5-7H2,1H3. The summed E-state index contributed by atoms with van der Waals surface area (Å²) in [6.45, 7) is -0.0178. The average Bonchev–Trinajstić information content (AvgIpc) is 2.17. The highest BCUT2D eigenvalue weighted by atomic mass is 19.1. The monoisotopic (exact) mass is 214 g/mol. The second kappa shape index (κ2) is 5.56. The topological polar surface area (TPSA) is 26.3 Å². The molecule has 0 saturated carbocycles. The van der Waals surface area contributed by atoms with Crippen molar-refractivity contribution in [3.63, 3.8) is 0 Å². The van der Waals surface area contributed by atoms with Gasteiger partial charge in [-0.3, -0.25) is 4.79 Å². The average molecular weight is 214 g/mol. The molecule has 0 fully saturated rings. The summed E-state index contributed by atoms with van der Waals surface area (Å²) in [5.74, 6) is -1.39. The molecule has 0 spiro atoms. The number of Topliss-reactive ketones (excluding diaryl/α,β-unsaturated/α-hetero) is 1. The Morgan fingerprint density at radius 1 is 1.33 bits per heavy atom. The van der Waals surface area contributed by atoms with Gasteiger partial charge < -0.3 is 4.74 Å². The molecule has 0 saturated heterocycles. The molecule has 82 valence electrons. The summed E-state index contributed by atoms with van der Waals surface area (Å²) >= 11 is 0. The largest absolute Gasteiger partial charge is 0.377 e. The maximum Gasteiger partial charge on any atom is 0.158 e. The number of hydrogen-bond donors (Lipinski definition) is 0. The summed E-state index contributed by atoms with van der Waals surface area (Å²) in [5, 5.41) is 0. The molecule has 1 aromatic carbocycles. The summed E-state index contributed by atoms with van der Waals surface area (Å²) < 4.78 is 30.8. The first-order valence-electron chi connectivity index (χ1n) is 4.58. The molecule has 0 unspecified atom stereocenters. The van der Waals surface area contributed by atoms with E-state index in [2.05, 4.69) is 4.74 Å². The quantitative estimate of drug-likeness (QED) is 0.750. The molecule has 0 radical (unpaired) electrons. The summed E-state index contributed by atoms with van der Waals surface area (Å²) in [6, 6.07) is 3.66. The molecule has 15 heavy (non-hydrogen) atoms. The number of carbonyl (C=O) groups excluding carboxylic acids is 1. The van der Waals surface area contributed by atoms with Crippen LogP contribution in [0.4, 0.5) is 8.78 Å². The Morgan fingerprint density at radius 3 is 2.47 bits per heavy atom. The minimum absolute atomic E-state index is 0.0178. The molecule has 0 atom stereocenters. The van der Waals surface area contributed by atoms with E-state index in [-0.39, 0.29) is 30.8 Å². The SMILES string of the molecule is COCC(=O)CCc1c(F)cccc1F. The molecular formula is C11H12F2O2. The van der Waals surface area contributed by atoms with Crippen molar-refractivity contribution < 1.29 is 18.3 Å². The fourth-order valence-electron chi connectivity index (χ4n) is 1.27. The summed E-state index contributed by atoms with van der Waals surface area (Å²) in [6.07, 6.45) is 0.159. The lowest BCUT2D eigenvalue weighted by molar-refractivity contribution is -0.122. The Morgan fingerprint density at radius 2 is 1.93 bits per heavy atom. The van der Waals surface area contributed by atoms with Crippen LogP contribution >= 0.6 is 0 Å². The van der Waals surface area contributed by atoms with Crippen LogP contribution in [0.15, 0.2) is 18.2 Å². The van der Waals surface area contributed by atoms with Gasteiger partial charge in [0.1, 0.15) is 18.2 Å². The molecular weight excluding hydrogens is 202 g/mol. The van der Waals surface area contributed by atoms with Crippen LogP contribution < -0.4 is 0 Å². The van der Waals surface area contributed by atoms with Crippen molar-refractivity contribution in [3.05, 3.63) is 35.4 Å². The molecule has 1 aromatic rings. The van der Waals surface area contributed by atoms with Crippen LogP contribution in [0, 0.1) is 11.6 Å². The van der Waals surface area contributed by atoms with E-state index in [4.69, 9.17) is 0 Å². The van der Waals surface area contributed by atoms with Crippen LogP contribution in [0.3, 0.4) is 0 Å². The summed E-state index contributed by atoms with van der Waals surface area (Å²) in [7, 11) is 1.40. The number of hydrogen-bond acceptors (Lipinski definition) is 2. The van der Waals surface area contributed by atoms with Gasteiger partial charge in [0.15, 0.2) is 5.78 Å². The van der Waals surface area contributed by atoms with E-state index in [0.717, 1.165) is 0 Å². The lowest BCUT2D eigenvalue weighted by Crippen LogP contribution is -2.08. The van der Waals surface area contributed by atoms with E-state index in [0.29, 0.717) is 0 Å². The van der Waals surface area contributed by atoms with Gasteiger partial charge in [-0.25, -0.2) is 8.78 Å². The third-order valence-corrected chi connectivity index (χ3v) is 2.02. The van der Waals surface area contributed by atoms with Gasteiger partial charge in [0.2, 0.25) is 0 Å². The van der Waals surface area contributed by atoms with Gasteiger partial charge in [0, 0.05) is 19.1 Å². The van der Waals surface area contributed by atoms with Crippen molar-refractivity contribution in [2.45, 2.75) is 12.8 Å². The highest BCUT2D eigenvalue weighted by Crippen LogP contribution is 2.14. The van der Waals surface area contributed by atoms with Crippen LogP contribution in [0.25, 0.3) is 0 Å². The number of halogens is 2. The van der Waals surface area contributed by atoms with Crippen molar-refractivity contribution in [3.8, 4) is 0 Å². The van der Waals surface area contributed by atoms with Gasteiger partial charge in [0.05, 0.1) is 0 Å². The van der Waals surface area contributed by atoms with Crippen LogP contribution in [-0.4, -0.2) is 19.5 Å². The van der Waals surface area contributed by atoms with Crippen molar-refractivity contribution in [1.29, 1.82) is 0 Å². The number of rotatable bonds is 5. The smallest absolute Gasteiger partial charge is 0.158 e. The van der Waals surface area contributed by atoms with Crippen molar-refractivity contribution in [2.75, 3.05) is 13.7 Å². The Hall–Kier alpha value is -1.29. The van der Waals surface area contributed by atoms with Crippen LogP contribution in [-0.2, 0) is 16.0 Å². The van der Waals surface area contributed by atoms with Gasteiger partial charge in [0.25, 0.3) is 0 Å². The fraction of sp³-hybridized carbons (Fsp3) is 0.364. The minimum atomic E-state index is -0.611. The fourth-order valence-corrected chi connectivity index (χ4v) is 1.27. The molecule has 0 bridgehead atoms. The van der Waals surface area contributed by atoms with Crippen LogP contribution in [0.5, 0.6) is 0 Å². The highest BCUT2D eigenvalue weighted by molar-refractivity contribution is 5.79. The molecule has 0 heterocycles. The molecule has 1 rings (SSSR count). The van der Waals surface area contributed by atoms with Crippen LogP contribution in [0.2, 0.25) is 0 Å². The third-order valence-electron chi connectivity index (χ3n) is 2.02. The van der Waals surface area contributed by atoms with Gasteiger partial charge >= 0.3 is 0 Å². The normalized spacial score (nSPS) is 10.3. The second-order valence-corrected chi connectivity index (χ2v) is 3.17. The molecule has 0 aliphatic heterocycles. The van der Waals surface area contributed by atoms with Crippen LogP contribution in [0.1, 0.15) is 12.0 Å². The van der Waals surface area contributed by atoms with E-state index in [1.807, 2.05) is 0 Å². The van der Waals surface area contributed by atoms with Crippen molar-refractivity contribution in [2.24, 2.45) is 0 Å². The highest BCUT2D eigenvalue weighted by Gasteiger charge is 2.10. The molecule has 0 aliphatic rings. The van der Waals surface area contributed by atoms with Gasteiger partial charge in [-0.15, -0.1) is 0 Å². The van der Waals surface area contributed by atoms with E-state index < -0.39 is 11.6 Å². The Bertz CT molecular complexity index is 330. The van der Waals surface area contributed by atoms with E-state index in [9.17, 15) is 13.6 Å². The molecule has 2 nitrogen and oxygen atoms in total. The van der Waals surface area contributed by atoms with Gasteiger partial charge in [-0.05, 0) is 18.6 Å². The Labute approximate surface area is 86.9 Å². The zero-order valence-electron chi connectivity index (χ0n) is 8.43. The zero-order valence-corrected chi connectivity index (χ0v) is 8.43. The predicted octanol–water partition coefficient (Wildman–Crippen LogP) is 2.11. The molecule has 0 amide bonds. The Balaban J connectivity index is 2.61. The number of benzene rings is 1. The number of ketones is 1. The Kier molecular flexibility index (Phi) is 4.37. The predicted molar refractivity (Wildman–Crippen MR) is 51.6 cm³/mol. The number of ether oxygens (including phenoxy) is 1. The number of methoxy groups -OCH3 is 1. The van der Waals surface area contributed by atoms with Crippen molar-refractivity contribution in [1.82, 2.24) is 0 Å². The third kappa shape index (κ3) is 3.40. The molecule has 0 aromatic heterocycles. The first kappa shape index (κ1) is 11.8. The second-order valence-electron chi connectivity index (χ2n) is 3.17. The first-order chi connectivity index (χ1) is 7.15. The zero-order chi connectivity index (χ0) is 11.3. The summed E-state index contributed by atoms with van der Waals surface area (Å²) in [4.78, 5) is 11.1. The van der Waals surface area contributed by atoms with E-state index in [1.165, 1.54) is 25.3 Å². The minimum Gasteiger partial charge on any atom is -0.377 e. The maximum absolute atomic E-state index is 13.1. The van der Waals surface area contributed by atoms with Crippen molar-refractivity contribution >= 4 is 5.78 Å². The molecule has 4 heteroatoms. The molecule has 0 aliphatic carbocycles. The molecule has 0 N–H and O–H groups in total.